The molecule has 0 aliphatic heterocycles. The van der Waals surface area contributed by atoms with Gasteiger partial charge in [-0.3, -0.25) is 0 Å². The van der Waals surface area contributed by atoms with Crippen LogP contribution in [-0.2, 0) is 0 Å². The van der Waals surface area contributed by atoms with Gasteiger partial charge in [-0.1, -0.05) is 35.5 Å². The van der Waals surface area contributed by atoms with Crippen molar-refractivity contribution in [2.24, 2.45) is 0 Å². The van der Waals surface area contributed by atoms with E-state index in [1.807, 2.05) is 0 Å². The van der Waals surface area contributed by atoms with Crippen LogP contribution in [0, 0.1) is 0 Å². The van der Waals surface area contributed by atoms with Crippen LogP contribution >= 0.6 is 11.6 Å². The first-order valence-electron chi connectivity index (χ1n) is 2.22. The zero-order chi connectivity index (χ0) is 5.98. The van der Waals surface area contributed by atoms with Crippen molar-refractivity contribution < 1.29 is 34.7 Å². The van der Waals surface area contributed by atoms with Crippen LogP contribution in [0.15, 0.2) is 24.3 Å². The predicted octanol–water partition coefficient (Wildman–Crippen LogP) is -1.58. The van der Waals surface area contributed by atoms with E-state index in [9.17, 15) is 5.11 Å². The summed E-state index contributed by atoms with van der Waals surface area (Å²) < 4.78 is 0. The Morgan fingerprint density at radius 1 is 1.22 bits per heavy atom. The third-order valence-corrected chi connectivity index (χ3v) is 1.15. The van der Waals surface area contributed by atoms with Gasteiger partial charge in [0.25, 0.3) is 0 Å². The van der Waals surface area contributed by atoms with Crippen LogP contribution in [0.1, 0.15) is 0 Å². The van der Waals surface area contributed by atoms with Crippen molar-refractivity contribution in [3.63, 3.8) is 0 Å². The average Bonchev–Trinajstić information content (AvgIpc) is 1.77. The molecule has 0 N–H and O–H groups in total. The fraction of sp³-hybridized carbons (Fsp3) is 0. The van der Waals surface area contributed by atoms with Crippen LogP contribution in [0.2, 0.25) is 5.02 Å². The summed E-state index contributed by atoms with van der Waals surface area (Å²) >= 11 is 5.40. The maximum atomic E-state index is 10.5. The number of hydrogen-bond donors (Lipinski definition) is 0. The van der Waals surface area contributed by atoms with Crippen LogP contribution in [0.3, 0.4) is 0 Å². The molecule has 0 fully saturated rings. The van der Waals surface area contributed by atoms with Gasteiger partial charge in [-0.2, -0.15) is 0 Å². The minimum absolute atomic E-state index is 0. The minimum Gasteiger partial charge on any atom is -0.871 e. The van der Waals surface area contributed by atoms with Gasteiger partial charge in [0, 0.05) is 5.02 Å². The molecule has 0 aliphatic rings. The first-order valence-corrected chi connectivity index (χ1v) is 2.60. The second-order valence-electron chi connectivity index (χ2n) is 1.43. The second kappa shape index (κ2) is 4.18. The summed E-state index contributed by atoms with van der Waals surface area (Å²) in [6.45, 7) is 0. The maximum absolute atomic E-state index is 10.5. The van der Waals surface area contributed by atoms with Crippen LogP contribution in [0.5, 0.6) is 5.75 Å². The van der Waals surface area contributed by atoms with Gasteiger partial charge in [0.2, 0.25) is 0 Å². The normalized spacial score (nSPS) is 8.11. The van der Waals surface area contributed by atoms with E-state index in [0.29, 0.717) is 0 Å². The third kappa shape index (κ3) is 2.59. The monoisotopic (exact) mass is 150 g/mol. The van der Waals surface area contributed by atoms with Gasteiger partial charge in [0.15, 0.2) is 0 Å². The molecule has 0 saturated heterocycles. The molecule has 0 spiro atoms. The molecule has 0 radical (unpaired) electrons. The van der Waals surface area contributed by atoms with E-state index in [0.717, 1.165) is 0 Å². The summed E-state index contributed by atoms with van der Waals surface area (Å²) in [5, 5.41) is 10.8. The largest absolute Gasteiger partial charge is 1.00 e. The third-order valence-electron chi connectivity index (χ3n) is 0.837. The Morgan fingerprint density at radius 2 is 1.78 bits per heavy atom. The molecule has 1 aromatic rings. The topological polar surface area (TPSA) is 23.1 Å². The zero-order valence-electron chi connectivity index (χ0n) is 5.10. The SMILES string of the molecule is [Na+].[O-]c1ccccc1Cl. The molecule has 0 amide bonds. The van der Waals surface area contributed by atoms with Gasteiger partial charge < -0.3 is 5.11 Å². The van der Waals surface area contributed by atoms with Crippen LogP contribution < -0.4 is 34.7 Å². The van der Waals surface area contributed by atoms with Crippen molar-refractivity contribution in [3.05, 3.63) is 29.3 Å². The summed E-state index contributed by atoms with van der Waals surface area (Å²) in [7, 11) is 0. The Balaban J connectivity index is 0.000000640. The standard InChI is InChI=1S/C6H5ClO.Na/c7-5-3-1-2-4-6(5)8;/h1-4,8H;/q;+1/p-1. The number of halogens is 1. The zero-order valence-corrected chi connectivity index (χ0v) is 7.85. The Kier molecular flexibility index (Phi) is 4.32. The number of benzene rings is 1. The molecule has 1 nitrogen and oxygen atoms in total. The Bertz CT molecular complexity index is 169. The van der Waals surface area contributed by atoms with Crippen molar-refractivity contribution in [1.82, 2.24) is 0 Å². The molecule has 0 saturated carbocycles. The average molecular weight is 151 g/mol. The number of rotatable bonds is 0. The molecule has 3 heteroatoms. The summed E-state index contributed by atoms with van der Waals surface area (Å²) in [6, 6.07) is 6.39. The smallest absolute Gasteiger partial charge is 0.871 e. The van der Waals surface area contributed by atoms with Gasteiger partial charge in [-0.15, -0.1) is 0 Å². The molecule has 0 aliphatic carbocycles. The minimum atomic E-state index is -0.117. The first-order chi connectivity index (χ1) is 3.80. The molecule has 0 atom stereocenters. The van der Waals surface area contributed by atoms with E-state index in [4.69, 9.17) is 11.6 Å². The van der Waals surface area contributed by atoms with Gasteiger partial charge >= 0.3 is 29.6 Å². The van der Waals surface area contributed by atoms with E-state index < -0.39 is 0 Å². The van der Waals surface area contributed by atoms with Gasteiger partial charge in [0.1, 0.15) is 0 Å². The van der Waals surface area contributed by atoms with Crippen LogP contribution in [0.4, 0.5) is 0 Å². The van der Waals surface area contributed by atoms with Gasteiger partial charge in [-0.05, 0) is 6.07 Å². The predicted molar refractivity (Wildman–Crippen MR) is 30.9 cm³/mol. The molecule has 1 rings (SSSR count). The van der Waals surface area contributed by atoms with E-state index in [1.165, 1.54) is 6.07 Å². The molecule has 0 bridgehead atoms. The number of hydrogen-bond acceptors (Lipinski definition) is 1. The maximum Gasteiger partial charge on any atom is 1.00 e. The molecule has 0 heterocycles. The molecular formula is C6H4ClNaO. The molecule has 0 aromatic heterocycles. The number of para-hydroxylation sites is 1. The van der Waals surface area contributed by atoms with Crippen molar-refractivity contribution in [1.29, 1.82) is 0 Å². The summed E-state index contributed by atoms with van der Waals surface area (Å²) in [5.41, 5.74) is 0. The van der Waals surface area contributed by atoms with Crippen molar-refractivity contribution in [3.8, 4) is 5.75 Å². The Labute approximate surface area is 80.9 Å². The van der Waals surface area contributed by atoms with Crippen molar-refractivity contribution in [2.75, 3.05) is 0 Å². The fourth-order valence-electron chi connectivity index (χ4n) is 0.445. The first kappa shape index (κ1) is 9.31. The van der Waals surface area contributed by atoms with Crippen molar-refractivity contribution in [2.45, 2.75) is 0 Å². The molecular weight excluding hydrogens is 147 g/mol. The van der Waals surface area contributed by atoms with Gasteiger partial charge in [-0.25, -0.2) is 0 Å². The van der Waals surface area contributed by atoms with E-state index in [1.54, 1.807) is 18.2 Å². The van der Waals surface area contributed by atoms with E-state index >= 15 is 0 Å². The quantitative estimate of drug-likeness (QED) is 0.410. The van der Waals surface area contributed by atoms with Gasteiger partial charge in [0.05, 0.1) is 0 Å². The Hall–Kier alpha value is 0.310. The molecule has 9 heavy (non-hydrogen) atoms. The summed E-state index contributed by atoms with van der Waals surface area (Å²) in [4.78, 5) is 0. The van der Waals surface area contributed by atoms with Crippen LogP contribution in [0.25, 0.3) is 0 Å². The summed E-state index contributed by atoms with van der Waals surface area (Å²) in [5.74, 6) is -0.117. The van der Waals surface area contributed by atoms with Crippen molar-refractivity contribution >= 4 is 11.6 Å². The van der Waals surface area contributed by atoms with Crippen LogP contribution in [-0.4, -0.2) is 0 Å². The summed E-state index contributed by atoms with van der Waals surface area (Å²) in [6.07, 6.45) is 0. The Morgan fingerprint density at radius 3 is 2.11 bits per heavy atom. The molecule has 1 aromatic carbocycles. The van der Waals surface area contributed by atoms with E-state index in [-0.39, 0.29) is 40.3 Å². The fourth-order valence-corrected chi connectivity index (χ4v) is 0.580. The molecule has 0 unspecified atom stereocenters. The van der Waals surface area contributed by atoms with E-state index in [2.05, 4.69) is 0 Å². The molecule has 42 valence electrons. The second-order valence-corrected chi connectivity index (χ2v) is 1.84.